The Labute approximate surface area is 221 Å². The summed E-state index contributed by atoms with van der Waals surface area (Å²) in [4.78, 5) is 12.8. The minimum Gasteiger partial charge on any atom is -0.497 e. The number of thioether (sulfide) groups is 1. The molecule has 200 valence electrons. The monoisotopic (exact) mass is 531 g/mol. The van der Waals surface area contributed by atoms with E-state index in [1.165, 1.54) is 23.9 Å². The molecule has 3 aromatic rings. The average molecular weight is 532 g/mol. The number of likely N-dealkylation sites (tertiary alicyclic amines) is 1. The average Bonchev–Trinajstić information content (AvgIpc) is 2.90. The number of pyridine rings is 1. The van der Waals surface area contributed by atoms with Gasteiger partial charge in [-0.1, -0.05) is 0 Å². The number of nitrogens with one attached hydrogen (secondary N) is 1. The van der Waals surface area contributed by atoms with Gasteiger partial charge in [0, 0.05) is 48.0 Å². The molecular formula is C28H35F2N3O3S. The van der Waals surface area contributed by atoms with Crippen LogP contribution in [0.15, 0.2) is 53.6 Å². The number of aromatic nitrogens is 1. The largest absolute Gasteiger partial charge is 0.497 e. The summed E-state index contributed by atoms with van der Waals surface area (Å²) in [6, 6.07) is 11.5. The zero-order valence-electron chi connectivity index (χ0n) is 21.3. The maximum absolute atomic E-state index is 13.4. The lowest BCUT2D eigenvalue weighted by molar-refractivity contribution is 0.0434. The number of piperidine rings is 1. The van der Waals surface area contributed by atoms with Crippen molar-refractivity contribution >= 4 is 22.7 Å². The third-order valence-electron chi connectivity index (χ3n) is 7.17. The predicted octanol–water partition coefficient (Wildman–Crippen LogP) is 5.22. The quantitative estimate of drug-likeness (QED) is 0.246. The van der Waals surface area contributed by atoms with Gasteiger partial charge in [0.15, 0.2) is 0 Å². The second kappa shape index (κ2) is 13.5. The number of ether oxygens (including phenoxy) is 1. The zero-order chi connectivity index (χ0) is 26.2. The first-order chi connectivity index (χ1) is 18.0. The number of hydroxylamine groups is 1. The first-order valence-electron chi connectivity index (χ1n) is 12.6. The highest BCUT2D eigenvalue weighted by atomic mass is 32.2. The SMILES string of the molecule is CONC(CC[C@@H]1CCN(CCSc2cc(F)cc(F)c2)C[C@@H]1CO)c1ccnc2ccc(OC)cc12. The third-order valence-corrected chi connectivity index (χ3v) is 8.12. The number of rotatable bonds is 12. The summed E-state index contributed by atoms with van der Waals surface area (Å²) in [5, 5.41) is 11.2. The Hall–Kier alpha value is -2.30. The van der Waals surface area contributed by atoms with Crippen molar-refractivity contribution in [3.8, 4) is 5.75 Å². The lowest BCUT2D eigenvalue weighted by Crippen LogP contribution is -2.43. The molecule has 0 bridgehead atoms. The molecular weight excluding hydrogens is 496 g/mol. The lowest BCUT2D eigenvalue weighted by Gasteiger charge is -2.38. The van der Waals surface area contributed by atoms with E-state index in [1.807, 2.05) is 30.5 Å². The van der Waals surface area contributed by atoms with Crippen LogP contribution in [0.1, 0.15) is 30.9 Å². The number of halogens is 2. The second-order valence-electron chi connectivity index (χ2n) is 9.48. The van der Waals surface area contributed by atoms with Crippen molar-refractivity contribution in [3.05, 3.63) is 65.9 Å². The number of hydrogen-bond donors (Lipinski definition) is 2. The van der Waals surface area contributed by atoms with Crippen LogP contribution in [0, 0.1) is 23.5 Å². The molecule has 0 aliphatic carbocycles. The van der Waals surface area contributed by atoms with Crippen LogP contribution in [-0.2, 0) is 4.84 Å². The molecule has 6 nitrogen and oxygen atoms in total. The molecule has 2 N–H and O–H groups in total. The maximum atomic E-state index is 13.4. The number of fused-ring (bicyclic) bond motifs is 1. The summed E-state index contributed by atoms with van der Waals surface area (Å²) >= 11 is 1.45. The van der Waals surface area contributed by atoms with Crippen molar-refractivity contribution in [3.63, 3.8) is 0 Å². The van der Waals surface area contributed by atoms with Gasteiger partial charge in [0.1, 0.15) is 17.4 Å². The first kappa shape index (κ1) is 27.7. The molecule has 0 amide bonds. The molecule has 9 heteroatoms. The Kier molecular flexibility index (Phi) is 10.1. The predicted molar refractivity (Wildman–Crippen MR) is 143 cm³/mol. The molecule has 2 heterocycles. The summed E-state index contributed by atoms with van der Waals surface area (Å²) < 4.78 is 32.3. The molecule has 1 saturated heterocycles. The van der Waals surface area contributed by atoms with Gasteiger partial charge >= 0.3 is 0 Å². The fourth-order valence-corrected chi connectivity index (χ4v) is 6.21. The molecule has 0 spiro atoms. The van der Waals surface area contributed by atoms with Gasteiger partial charge in [-0.2, -0.15) is 5.48 Å². The smallest absolute Gasteiger partial charge is 0.127 e. The molecule has 1 aromatic heterocycles. The highest BCUT2D eigenvalue weighted by Gasteiger charge is 2.29. The zero-order valence-corrected chi connectivity index (χ0v) is 22.1. The maximum Gasteiger partial charge on any atom is 0.127 e. The van der Waals surface area contributed by atoms with Gasteiger partial charge in [-0.25, -0.2) is 8.78 Å². The van der Waals surface area contributed by atoms with Crippen molar-refractivity contribution in [1.82, 2.24) is 15.4 Å². The van der Waals surface area contributed by atoms with Crippen molar-refractivity contribution in [2.75, 3.05) is 46.2 Å². The highest BCUT2D eigenvalue weighted by Crippen LogP contribution is 2.34. The number of hydrogen-bond acceptors (Lipinski definition) is 7. The third kappa shape index (κ3) is 7.39. The Morgan fingerprint density at radius 1 is 1.14 bits per heavy atom. The van der Waals surface area contributed by atoms with Crippen molar-refractivity contribution < 1.29 is 23.5 Å². The minimum atomic E-state index is -0.552. The summed E-state index contributed by atoms with van der Waals surface area (Å²) in [7, 11) is 3.28. The van der Waals surface area contributed by atoms with Crippen LogP contribution in [0.25, 0.3) is 10.9 Å². The van der Waals surface area contributed by atoms with Gasteiger partial charge < -0.3 is 19.6 Å². The Morgan fingerprint density at radius 2 is 1.95 bits per heavy atom. The first-order valence-corrected chi connectivity index (χ1v) is 13.6. The number of aliphatic hydroxyl groups is 1. The van der Waals surface area contributed by atoms with E-state index in [-0.39, 0.29) is 18.6 Å². The van der Waals surface area contributed by atoms with Crippen LogP contribution >= 0.6 is 11.8 Å². The fourth-order valence-electron chi connectivity index (χ4n) is 5.23. The van der Waals surface area contributed by atoms with Crippen LogP contribution in [0.3, 0.4) is 0 Å². The minimum absolute atomic E-state index is 0.0250. The van der Waals surface area contributed by atoms with Gasteiger partial charge in [0.05, 0.1) is 25.8 Å². The lowest BCUT2D eigenvalue weighted by atomic mass is 9.81. The normalized spacial score (nSPS) is 19.3. The van der Waals surface area contributed by atoms with Crippen molar-refractivity contribution in [2.24, 2.45) is 11.8 Å². The molecule has 3 atom stereocenters. The number of aliphatic hydroxyl groups excluding tert-OH is 1. The molecule has 0 radical (unpaired) electrons. The molecule has 1 fully saturated rings. The van der Waals surface area contributed by atoms with E-state index in [4.69, 9.17) is 9.57 Å². The molecule has 1 aliphatic rings. The standard InChI is InChI=1S/C28H35F2N3O3S/c1-35-23-4-6-27-26(16-23)25(7-9-31-27)28(32-36-2)5-3-19-8-10-33(17-20(19)18-34)11-12-37-24-14-21(29)13-22(30)15-24/h4,6-7,9,13-16,19-20,28,32,34H,3,5,8,10-12,17-18H2,1-2H3/t19-,20-,28?/m1/s1. The summed E-state index contributed by atoms with van der Waals surface area (Å²) in [5.41, 5.74) is 5.17. The van der Waals surface area contributed by atoms with Crippen LogP contribution < -0.4 is 10.2 Å². The van der Waals surface area contributed by atoms with Gasteiger partial charge in [-0.3, -0.25) is 4.98 Å². The van der Waals surface area contributed by atoms with Gasteiger partial charge in [-0.15, -0.1) is 11.8 Å². The van der Waals surface area contributed by atoms with E-state index in [9.17, 15) is 13.9 Å². The molecule has 1 unspecified atom stereocenters. The molecule has 4 rings (SSSR count). The molecule has 1 aliphatic heterocycles. The number of benzene rings is 2. The van der Waals surface area contributed by atoms with E-state index in [1.54, 1.807) is 14.2 Å². The van der Waals surface area contributed by atoms with E-state index in [2.05, 4.69) is 15.4 Å². The Morgan fingerprint density at radius 3 is 2.68 bits per heavy atom. The fraction of sp³-hybridized carbons (Fsp3) is 0.464. The Bertz CT molecular complexity index is 1150. The van der Waals surface area contributed by atoms with Crippen LogP contribution in [0.5, 0.6) is 5.75 Å². The van der Waals surface area contributed by atoms with E-state index in [0.29, 0.717) is 10.8 Å². The Balaban J connectivity index is 1.34. The van der Waals surface area contributed by atoms with Crippen molar-refractivity contribution in [2.45, 2.75) is 30.2 Å². The summed E-state index contributed by atoms with van der Waals surface area (Å²) in [5.74, 6) is 1.00. The van der Waals surface area contributed by atoms with Crippen LogP contribution in [-0.4, -0.2) is 61.2 Å². The molecule has 37 heavy (non-hydrogen) atoms. The number of methoxy groups -OCH3 is 1. The van der Waals surface area contributed by atoms with Crippen LogP contribution in [0.2, 0.25) is 0 Å². The van der Waals surface area contributed by atoms with Gasteiger partial charge in [0.2, 0.25) is 0 Å². The summed E-state index contributed by atoms with van der Waals surface area (Å²) in [6.07, 6.45) is 4.62. The number of nitrogens with zero attached hydrogens (tertiary/aromatic N) is 2. The van der Waals surface area contributed by atoms with Gasteiger partial charge in [-0.05, 0) is 79.6 Å². The van der Waals surface area contributed by atoms with Gasteiger partial charge in [0.25, 0.3) is 0 Å². The van der Waals surface area contributed by atoms with E-state index >= 15 is 0 Å². The highest BCUT2D eigenvalue weighted by molar-refractivity contribution is 7.99. The van der Waals surface area contributed by atoms with Crippen LogP contribution in [0.4, 0.5) is 8.78 Å². The topological polar surface area (TPSA) is 66.9 Å². The molecule has 0 saturated carbocycles. The molecule has 2 aromatic carbocycles. The van der Waals surface area contributed by atoms with E-state index in [0.717, 1.165) is 72.9 Å². The van der Waals surface area contributed by atoms with E-state index < -0.39 is 11.6 Å². The van der Waals surface area contributed by atoms with Crippen molar-refractivity contribution in [1.29, 1.82) is 0 Å². The summed E-state index contributed by atoms with van der Waals surface area (Å²) in [6.45, 7) is 2.71. The second-order valence-corrected chi connectivity index (χ2v) is 10.6.